The van der Waals surface area contributed by atoms with Gasteiger partial charge in [-0.05, 0) is 37.1 Å². The van der Waals surface area contributed by atoms with Gasteiger partial charge in [0, 0.05) is 16.7 Å². The van der Waals surface area contributed by atoms with Crippen molar-refractivity contribution in [1.29, 1.82) is 0 Å². The van der Waals surface area contributed by atoms with Crippen LogP contribution >= 0.6 is 15.9 Å². The highest BCUT2D eigenvalue weighted by molar-refractivity contribution is 9.10. The SMILES string of the molecule is Cc1cc(N2CC[C@H](N)C2=O)ccc1Br. The fourth-order valence-electron chi connectivity index (χ4n) is 1.76. The number of nitrogens with two attached hydrogens (primary N) is 1. The first-order valence-corrected chi connectivity index (χ1v) is 5.72. The van der Waals surface area contributed by atoms with Crippen molar-refractivity contribution < 1.29 is 4.79 Å². The molecule has 0 aliphatic carbocycles. The second-order valence-corrected chi connectivity index (χ2v) is 4.67. The van der Waals surface area contributed by atoms with E-state index in [1.807, 2.05) is 25.1 Å². The van der Waals surface area contributed by atoms with Gasteiger partial charge in [-0.15, -0.1) is 0 Å². The molecule has 2 rings (SSSR count). The maximum Gasteiger partial charge on any atom is 0.243 e. The first-order chi connectivity index (χ1) is 7.09. The second kappa shape index (κ2) is 3.94. The number of benzene rings is 1. The number of carbonyl (C=O) groups is 1. The molecule has 1 saturated heterocycles. The molecule has 2 N–H and O–H groups in total. The third kappa shape index (κ3) is 1.92. The Hall–Kier alpha value is -0.870. The van der Waals surface area contributed by atoms with E-state index in [9.17, 15) is 4.79 Å². The van der Waals surface area contributed by atoms with Gasteiger partial charge in [0.05, 0.1) is 6.04 Å². The van der Waals surface area contributed by atoms with E-state index in [2.05, 4.69) is 15.9 Å². The molecule has 0 bridgehead atoms. The molecule has 15 heavy (non-hydrogen) atoms. The monoisotopic (exact) mass is 268 g/mol. The van der Waals surface area contributed by atoms with Gasteiger partial charge in [0.2, 0.25) is 5.91 Å². The molecule has 1 amide bonds. The van der Waals surface area contributed by atoms with Crippen molar-refractivity contribution in [3.8, 4) is 0 Å². The van der Waals surface area contributed by atoms with E-state index in [0.29, 0.717) is 0 Å². The zero-order valence-electron chi connectivity index (χ0n) is 8.53. The van der Waals surface area contributed by atoms with E-state index in [1.165, 1.54) is 0 Å². The number of hydrogen-bond donors (Lipinski definition) is 1. The van der Waals surface area contributed by atoms with Crippen LogP contribution in [0.4, 0.5) is 5.69 Å². The van der Waals surface area contributed by atoms with Crippen molar-refractivity contribution >= 4 is 27.5 Å². The average Bonchev–Trinajstić information content (AvgIpc) is 2.53. The minimum Gasteiger partial charge on any atom is -0.320 e. The summed E-state index contributed by atoms with van der Waals surface area (Å²) in [5.74, 6) is 0.0247. The Labute approximate surface area is 97.4 Å². The molecule has 80 valence electrons. The summed E-state index contributed by atoms with van der Waals surface area (Å²) in [4.78, 5) is 13.4. The number of halogens is 1. The maximum absolute atomic E-state index is 11.7. The third-order valence-electron chi connectivity index (χ3n) is 2.70. The van der Waals surface area contributed by atoms with Crippen LogP contribution in [0.5, 0.6) is 0 Å². The molecular weight excluding hydrogens is 256 g/mol. The fourth-order valence-corrected chi connectivity index (χ4v) is 2.00. The number of rotatable bonds is 1. The minimum atomic E-state index is -0.325. The lowest BCUT2D eigenvalue weighted by molar-refractivity contribution is -0.118. The molecule has 1 aromatic carbocycles. The van der Waals surface area contributed by atoms with Gasteiger partial charge in [-0.25, -0.2) is 0 Å². The summed E-state index contributed by atoms with van der Waals surface area (Å²) in [7, 11) is 0. The summed E-state index contributed by atoms with van der Waals surface area (Å²) in [6.45, 7) is 2.73. The van der Waals surface area contributed by atoms with Gasteiger partial charge < -0.3 is 10.6 Å². The topological polar surface area (TPSA) is 46.3 Å². The molecule has 0 aromatic heterocycles. The molecular formula is C11H13BrN2O. The number of aryl methyl sites for hydroxylation is 1. The van der Waals surface area contributed by atoms with E-state index in [-0.39, 0.29) is 11.9 Å². The van der Waals surface area contributed by atoms with Crippen LogP contribution in [0.2, 0.25) is 0 Å². The normalized spacial score (nSPS) is 21.1. The predicted octanol–water partition coefficient (Wildman–Crippen LogP) is 1.82. The highest BCUT2D eigenvalue weighted by Gasteiger charge is 2.29. The summed E-state index contributed by atoms with van der Waals surface area (Å²) in [5, 5.41) is 0. The van der Waals surface area contributed by atoms with Crippen LogP contribution in [0, 0.1) is 6.92 Å². The largest absolute Gasteiger partial charge is 0.320 e. The zero-order chi connectivity index (χ0) is 11.0. The van der Waals surface area contributed by atoms with E-state index in [1.54, 1.807) is 4.90 Å². The number of hydrogen-bond acceptors (Lipinski definition) is 2. The lowest BCUT2D eigenvalue weighted by atomic mass is 10.2. The quantitative estimate of drug-likeness (QED) is 0.845. The second-order valence-electron chi connectivity index (χ2n) is 3.82. The number of anilines is 1. The Morgan fingerprint density at radius 3 is 2.80 bits per heavy atom. The Morgan fingerprint density at radius 2 is 2.27 bits per heavy atom. The Morgan fingerprint density at radius 1 is 1.53 bits per heavy atom. The molecule has 4 heteroatoms. The number of amides is 1. The van der Waals surface area contributed by atoms with E-state index < -0.39 is 0 Å². The molecule has 1 heterocycles. The Kier molecular flexibility index (Phi) is 2.80. The van der Waals surface area contributed by atoms with Crippen molar-refractivity contribution in [2.24, 2.45) is 5.73 Å². The summed E-state index contributed by atoms with van der Waals surface area (Å²) in [5.41, 5.74) is 7.74. The molecule has 3 nitrogen and oxygen atoms in total. The van der Waals surface area contributed by atoms with Crippen LogP contribution in [0.15, 0.2) is 22.7 Å². The molecule has 1 atom stereocenters. The Balaban J connectivity index is 2.31. The van der Waals surface area contributed by atoms with E-state index >= 15 is 0 Å². The first-order valence-electron chi connectivity index (χ1n) is 4.92. The third-order valence-corrected chi connectivity index (χ3v) is 3.59. The first kappa shape index (κ1) is 10.6. The number of carbonyl (C=O) groups excluding carboxylic acids is 1. The van der Waals surface area contributed by atoms with Gasteiger partial charge in [-0.1, -0.05) is 15.9 Å². The van der Waals surface area contributed by atoms with E-state index in [0.717, 1.165) is 28.7 Å². The molecule has 1 fully saturated rings. The lowest BCUT2D eigenvalue weighted by Gasteiger charge is -2.17. The minimum absolute atomic E-state index is 0.0247. The average molecular weight is 269 g/mol. The Bertz CT molecular complexity index is 406. The smallest absolute Gasteiger partial charge is 0.243 e. The molecule has 0 radical (unpaired) electrons. The molecule has 0 saturated carbocycles. The van der Waals surface area contributed by atoms with Gasteiger partial charge in [0.1, 0.15) is 0 Å². The fraction of sp³-hybridized carbons (Fsp3) is 0.364. The van der Waals surface area contributed by atoms with Crippen LogP contribution in [-0.2, 0) is 4.79 Å². The van der Waals surface area contributed by atoms with Crippen molar-refractivity contribution in [2.75, 3.05) is 11.4 Å². The molecule has 1 aliphatic heterocycles. The van der Waals surface area contributed by atoms with Crippen molar-refractivity contribution in [1.82, 2.24) is 0 Å². The molecule has 0 spiro atoms. The summed E-state index contributed by atoms with van der Waals surface area (Å²) in [6, 6.07) is 5.57. The molecule has 1 aliphatic rings. The molecule has 0 unspecified atom stereocenters. The van der Waals surface area contributed by atoms with E-state index in [4.69, 9.17) is 5.73 Å². The lowest BCUT2D eigenvalue weighted by Crippen LogP contribution is -2.33. The van der Waals surface area contributed by atoms with Crippen molar-refractivity contribution in [3.05, 3.63) is 28.2 Å². The standard InChI is InChI=1S/C11H13BrN2O/c1-7-6-8(2-3-9(7)12)14-5-4-10(13)11(14)15/h2-3,6,10H,4-5,13H2,1H3/t10-/m0/s1. The van der Waals surface area contributed by atoms with Crippen molar-refractivity contribution in [2.45, 2.75) is 19.4 Å². The van der Waals surface area contributed by atoms with Gasteiger partial charge in [0.25, 0.3) is 0 Å². The van der Waals surface area contributed by atoms with Crippen molar-refractivity contribution in [3.63, 3.8) is 0 Å². The maximum atomic E-state index is 11.7. The zero-order valence-corrected chi connectivity index (χ0v) is 10.1. The predicted molar refractivity (Wildman–Crippen MR) is 63.8 cm³/mol. The highest BCUT2D eigenvalue weighted by atomic mass is 79.9. The highest BCUT2D eigenvalue weighted by Crippen LogP contribution is 2.25. The number of nitrogens with zero attached hydrogens (tertiary/aromatic N) is 1. The summed E-state index contributed by atoms with van der Waals surface area (Å²) < 4.78 is 1.06. The van der Waals surface area contributed by atoms with Crippen LogP contribution in [0.1, 0.15) is 12.0 Å². The summed E-state index contributed by atoms with van der Waals surface area (Å²) >= 11 is 3.44. The van der Waals surface area contributed by atoms with Gasteiger partial charge in [-0.3, -0.25) is 4.79 Å². The van der Waals surface area contributed by atoms with Crippen LogP contribution in [0.25, 0.3) is 0 Å². The van der Waals surface area contributed by atoms with Gasteiger partial charge in [-0.2, -0.15) is 0 Å². The van der Waals surface area contributed by atoms with Crippen LogP contribution in [-0.4, -0.2) is 18.5 Å². The van der Waals surface area contributed by atoms with Gasteiger partial charge >= 0.3 is 0 Å². The summed E-state index contributed by atoms with van der Waals surface area (Å²) in [6.07, 6.45) is 0.744. The van der Waals surface area contributed by atoms with Crippen LogP contribution in [0.3, 0.4) is 0 Å². The molecule has 1 aromatic rings. The van der Waals surface area contributed by atoms with Gasteiger partial charge in [0.15, 0.2) is 0 Å². The van der Waals surface area contributed by atoms with Crippen LogP contribution < -0.4 is 10.6 Å².